The van der Waals surface area contributed by atoms with Crippen LogP contribution in [-0.4, -0.2) is 243 Å². The third-order valence-electron chi connectivity index (χ3n) is 20.5. The molecule has 0 bridgehead atoms. The van der Waals surface area contributed by atoms with E-state index in [1.54, 1.807) is 92.7 Å². The largest absolute Gasteiger partial charge is 0.465 e. The quantitative estimate of drug-likeness (QED) is 0.0102. The number of hydrogen-bond acceptors (Lipinski definition) is 28. The van der Waals surface area contributed by atoms with Crippen LogP contribution in [0.25, 0.3) is 0 Å². The van der Waals surface area contributed by atoms with Crippen LogP contribution in [0.1, 0.15) is 133 Å². The molecule has 0 fully saturated rings. The Kier molecular flexibility index (Phi) is 53.0. The van der Waals surface area contributed by atoms with Gasteiger partial charge in [-0.3, -0.25) is 36.2 Å². The summed E-state index contributed by atoms with van der Waals surface area (Å²) in [6.45, 7) is 40.8. The number of benzene rings is 7. The number of esters is 1. The number of halogens is 7. The van der Waals surface area contributed by atoms with E-state index in [1.807, 2.05) is 102 Å². The summed E-state index contributed by atoms with van der Waals surface area (Å²) < 4.78 is 184. The molecule has 0 saturated heterocycles. The van der Waals surface area contributed by atoms with E-state index in [4.69, 9.17) is 65.4 Å². The molecular formula is C93H129Cl4F3N10O23S5. The predicted octanol–water partition coefficient (Wildman–Crippen LogP) is 18.7. The maximum atomic E-state index is 13.0. The Bertz CT molecular complexity index is 5680. The fraction of sp³-hybridized carbons (Fsp3) is 0.473. The molecule has 0 saturated carbocycles. The van der Waals surface area contributed by atoms with Crippen molar-refractivity contribution in [1.82, 2.24) is 0 Å². The van der Waals surface area contributed by atoms with Gasteiger partial charge in [0, 0.05) is 128 Å². The third-order valence-corrected chi connectivity index (χ3v) is 31.1. The summed E-state index contributed by atoms with van der Waals surface area (Å²) in [7, 11) is -18.9. The number of aryl methyl sites for hydroxylation is 5. The van der Waals surface area contributed by atoms with E-state index >= 15 is 0 Å². The van der Waals surface area contributed by atoms with Gasteiger partial charge in [-0.25, -0.2) is 66.1 Å². The number of nitrogens with zero attached hydrogens (tertiary/aromatic N) is 5. The summed E-state index contributed by atoms with van der Waals surface area (Å²) in [5.41, 5.74) is 12.7. The highest BCUT2D eigenvalue weighted by molar-refractivity contribution is 7.94. The number of sulfone groups is 5. The molecule has 4 atom stereocenters. The van der Waals surface area contributed by atoms with Crippen molar-refractivity contribution in [3.05, 3.63) is 191 Å². The summed E-state index contributed by atoms with van der Waals surface area (Å²) in [6, 6.07) is 44.5. The molecule has 5 amide bonds. The van der Waals surface area contributed by atoms with Gasteiger partial charge in [0.15, 0.2) is 59.7 Å². The molecule has 45 heteroatoms. The molecule has 0 aromatic heterocycles. The van der Waals surface area contributed by atoms with Gasteiger partial charge in [0.2, 0.25) is 6.10 Å². The van der Waals surface area contributed by atoms with E-state index in [2.05, 4.69) is 116 Å². The van der Waals surface area contributed by atoms with Crippen molar-refractivity contribution in [3.8, 4) is 0 Å². The first-order valence-corrected chi connectivity index (χ1v) is 55.2. The lowest BCUT2D eigenvalue weighted by atomic mass is 10.1. The lowest BCUT2D eigenvalue weighted by molar-refractivity contribution is -0.195. The van der Waals surface area contributed by atoms with Gasteiger partial charge in [-0.15, -0.1) is 34.8 Å². The number of nitrogens with one attached hydrogen (secondary N) is 5. The Morgan fingerprint density at radius 1 is 0.370 bits per heavy atom. The van der Waals surface area contributed by atoms with Gasteiger partial charge >= 0.3 is 42.6 Å². The minimum absolute atomic E-state index is 0.111. The molecule has 7 aromatic rings. The van der Waals surface area contributed by atoms with Gasteiger partial charge in [0.05, 0.1) is 35.4 Å². The number of ether oxygens (including phenoxy) is 6. The average molecular weight is 2110 g/mol. The second kappa shape index (κ2) is 60.0. The van der Waals surface area contributed by atoms with E-state index in [1.165, 1.54) is 19.1 Å². The molecule has 0 aliphatic carbocycles. The van der Waals surface area contributed by atoms with Crippen LogP contribution in [-0.2, 0) is 82.4 Å². The zero-order valence-electron chi connectivity index (χ0n) is 80.6. The Balaban J connectivity index is 0.000000445. The van der Waals surface area contributed by atoms with Gasteiger partial charge < -0.3 is 52.9 Å². The summed E-state index contributed by atoms with van der Waals surface area (Å²) >= 11 is 21.9. The number of alkyl halides is 7. The molecule has 5 N–H and O–H groups in total. The van der Waals surface area contributed by atoms with E-state index < -0.39 is 166 Å². The molecule has 0 aliphatic rings. The third kappa shape index (κ3) is 43.2. The molecule has 0 spiro atoms. The summed E-state index contributed by atoms with van der Waals surface area (Å²) in [6.07, 6.45) is -13.9. The van der Waals surface area contributed by atoms with Crippen molar-refractivity contribution in [3.63, 3.8) is 0 Å². The molecule has 0 heterocycles. The van der Waals surface area contributed by atoms with Crippen molar-refractivity contribution in [2.75, 3.05) is 187 Å². The Labute approximate surface area is 830 Å². The van der Waals surface area contributed by atoms with Crippen LogP contribution in [0.5, 0.6) is 0 Å². The molecule has 4 unspecified atom stereocenters. The maximum absolute atomic E-state index is 13.0. The van der Waals surface area contributed by atoms with Crippen LogP contribution in [0.3, 0.4) is 0 Å². The fourth-order valence-corrected chi connectivity index (χ4v) is 18.6. The number of anilines is 10. The van der Waals surface area contributed by atoms with Gasteiger partial charge in [-0.1, -0.05) is 72.3 Å². The van der Waals surface area contributed by atoms with Crippen LogP contribution in [0.4, 0.5) is 94.0 Å². The van der Waals surface area contributed by atoms with Crippen molar-refractivity contribution in [1.29, 1.82) is 0 Å². The second-order valence-corrected chi connectivity index (χ2v) is 43.7. The van der Waals surface area contributed by atoms with Crippen LogP contribution in [0.2, 0.25) is 0 Å². The number of amides is 5. The van der Waals surface area contributed by atoms with Crippen molar-refractivity contribution in [2.45, 2.75) is 147 Å². The number of rotatable bonds is 45. The first kappa shape index (κ1) is 122. The minimum Gasteiger partial charge on any atom is -0.465 e. The second-order valence-electron chi connectivity index (χ2n) is 30.6. The van der Waals surface area contributed by atoms with Crippen LogP contribution in [0, 0.1) is 34.6 Å². The molecule has 33 nitrogen and oxygen atoms in total. The van der Waals surface area contributed by atoms with E-state index in [0.717, 1.165) is 116 Å². The van der Waals surface area contributed by atoms with E-state index in [0.29, 0.717) is 33.9 Å². The molecule has 768 valence electrons. The summed E-state index contributed by atoms with van der Waals surface area (Å²) in [4.78, 5) is 94.5. The highest BCUT2D eigenvalue weighted by atomic mass is 35.5. The molecule has 7 aromatic carbocycles. The van der Waals surface area contributed by atoms with Crippen LogP contribution < -0.4 is 51.1 Å². The maximum Gasteiger partial charge on any atom is 0.426 e. The van der Waals surface area contributed by atoms with Crippen molar-refractivity contribution >= 4 is 195 Å². The highest BCUT2D eigenvalue weighted by Crippen LogP contribution is 2.32. The van der Waals surface area contributed by atoms with Gasteiger partial charge in [0.25, 0.3) is 0 Å². The zero-order chi connectivity index (χ0) is 104. The summed E-state index contributed by atoms with van der Waals surface area (Å²) in [5, 5.41) is 10.7. The number of hydrogen-bond donors (Lipinski definition) is 5. The Morgan fingerprint density at radius 2 is 0.667 bits per heavy atom. The predicted molar refractivity (Wildman–Crippen MR) is 545 cm³/mol. The lowest BCUT2D eigenvalue weighted by Crippen LogP contribution is -2.40. The molecular weight excluding hydrogens is 1980 g/mol. The Morgan fingerprint density at radius 3 is 0.978 bits per heavy atom. The SMILES string of the molecule is CCN(CC)c1ccc(NC(=O)OC(C)CS(=O)(=O)CCl)c(C)c1.CCN(CC)c1ccc(NC(=O)OC(CS(=O)(=O)CCl)C(F)(F)F)c(C)c1.CCN(CC)c1ccc(NC(=O)OC(CS(=O)(=O)CCl)c2ccccc2)c(C)c1.CCN(CC)c1ccc(NC(=O)OCCS(=O)(=O)C(Cl)C(=O)c2ccccc2)c(C)c1.CCOC(=O)CS(=O)(=O)CCOC(=O)Nc1ccc(N(CC)CC)cc1C. The first-order valence-electron chi connectivity index (χ1n) is 44.2. The number of carbonyl (C=O) groups excluding carboxylic acids is 7. The van der Waals surface area contributed by atoms with E-state index in [9.17, 15) is 88.8 Å². The van der Waals surface area contributed by atoms with Crippen LogP contribution in [0.15, 0.2) is 152 Å². The highest BCUT2D eigenvalue weighted by Gasteiger charge is 2.46. The van der Waals surface area contributed by atoms with Crippen LogP contribution >= 0.6 is 46.4 Å². The normalized spacial score (nSPS) is 12.2. The lowest BCUT2D eigenvalue weighted by Gasteiger charge is -2.23. The monoisotopic (exact) mass is 2110 g/mol. The first-order chi connectivity index (χ1) is 64.8. The topological polar surface area (TPSA) is 422 Å². The number of ketones is 1. The zero-order valence-corrected chi connectivity index (χ0v) is 87.7. The molecule has 7 rings (SSSR count). The molecule has 0 aliphatic heterocycles. The minimum atomic E-state index is -5.04. The van der Waals surface area contributed by atoms with E-state index in [-0.39, 0.29) is 36.0 Å². The fourth-order valence-electron chi connectivity index (χ4n) is 13.0. The molecule has 0 radical (unpaired) electrons. The van der Waals surface area contributed by atoms with Gasteiger partial charge in [-0.05, 0) is 242 Å². The Hall–Kier alpha value is -10.3. The van der Waals surface area contributed by atoms with Crippen molar-refractivity contribution in [2.24, 2.45) is 0 Å². The van der Waals surface area contributed by atoms with Gasteiger partial charge in [-0.2, -0.15) is 13.2 Å². The number of carbonyl (C=O) groups is 7. The number of Topliss-reactive ketones (excluding diaryl/α,β-unsaturated/α-hetero) is 1. The average Bonchev–Trinajstić information content (AvgIpc) is 0.829. The standard InChI is InChI=1S/C22H27ClN2O5S.C21H27ClN2O4S.C18H28N2O6S.C16H22ClF3N2O4S.C16H25ClN2O4S/c1-4-25(5-2)18-11-12-19(16(3)15-18)24-22(27)30-13-14-31(28,29)21(23)20(26)17-9-7-6-8-10-17;1-4-24(5-2)18-11-12-19(16(3)13-18)23-21(25)28-20(14-29(26,27)15-22)17-9-7-6-8-10-17;1-5-20(6-2)15-8-9-16(14(4)12-15)19-18(22)26-10-11-27(23,24)13-17(21)25-7-3;1-4-22(5-2)12-6-7-13(11(3)8-12)21-15(23)26-14(16(18,19)20)9-27(24,25)10-17;1-5-19(6-2)14-7-8-15(12(3)9-14)18-16(20)23-13(4)10-24(21,22)11-17/h6-12,15,21H,4-5,13-14H2,1-3H3,(H,24,27);6-13,20H,4-5,14-15H2,1-3H3,(H,23,25);8-9,12H,5-7,10-11,13H2,1-4H3,(H,19,22);6-8,14H,4-5,9-10H2,1-3H3,(H,21,23);7-9,13H,5-6,10-11H2,1-4H3,(H,18,20). The molecule has 138 heavy (non-hydrogen) atoms. The smallest absolute Gasteiger partial charge is 0.426 e. The summed E-state index contributed by atoms with van der Waals surface area (Å²) in [5.74, 6) is -5.38. The van der Waals surface area contributed by atoms with Crippen molar-refractivity contribution < 1.29 is 117 Å². The van der Waals surface area contributed by atoms with Gasteiger partial charge in [0.1, 0.15) is 46.8 Å².